The van der Waals surface area contributed by atoms with Crippen LogP contribution in [0, 0.1) is 0 Å². The molecular weight excluding hydrogens is 282 g/mol. The number of nitrogens with one attached hydrogen (secondary N) is 2. The van der Waals surface area contributed by atoms with E-state index in [9.17, 15) is 9.59 Å². The molecule has 0 aromatic carbocycles. The summed E-state index contributed by atoms with van der Waals surface area (Å²) in [5.41, 5.74) is 0.253. The van der Waals surface area contributed by atoms with Gasteiger partial charge in [-0.15, -0.1) is 0 Å². The van der Waals surface area contributed by atoms with Crippen LogP contribution in [0.15, 0.2) is 9.42 Å². The molecule has 2 amide bonds. The zero-order chi connectivity index (χ0) is 15.3. The first-order valence-electron chi connectivity index (χ1n) is 6.13. The van der Waals surface area contributed by atoms with E-state index < -0.39 is 11.3 Å². The van der Waals surface area contributed by atoms with E-state index in [4.69, 9.17) is 9.26 Å². The Morgan fingerprint density at radius 3 is 2.55 bits per heavy atom. The van der Waals surface area contributed by atoms with Gasteiger partial charge in [-0.2, -0.15) is 0 Å². The molecule has 0 atom stereocenters. The van der Waals surface area contributed by atoms with Gasteiger partial charge in [-0.25, -0.2) is 9.59 Å². The summed E-state index contributed by atoms with van der Waals surface area (Å²) in [4.78, 5) is 23.5. The van der Waals surface area contributed by atoms with Crippen molar-refractivity contribution < 1.29 is 18.8 Å². The van der Waals surface area contributed by atoms with Crippen LogP contribution in [-0.2, 0) is 10.2 Å². The number of nitrogens with zero attached hydrogens (tertiary/aromatic N) is 1. The SMILES string of the molecule is CCOC(=O)Sc1c(C(C)(C)C)noc1NC(=O)NC. The minimum absolute atomic E-state index is 0.132. The van der Waals surface area contributed by atoms with Crippen LogP contribution in [0.3, 0.4) is 0 Å². The van der Waals surface area contributed by atoms with E-state index in [0.29, 0.717) is 10.6 Å². The van der Waals surface area contributed by atoms with Gasteiger partial charge in [0.15, 0.2) is 0 Å². The number of amides is 2. The lowest BCUT2D eigenvalue weighted by atomic mass is 9.92. The van der Waals surface area contributed by atoms with E-state index in [1.54, 1.807) is 6.92 Å². The summed E-state index contributed by atoms with van der Waals surface area (Å²) < 4.78 is 10.0. The molecule has 7 nitrogen and oxygen atoms in total. The van der Waals surface area contributed by atoms with Crippen LogP contribution in [-0.4, -0.2) is 30.1 Å². The van der Waals surface area contributed by atoms with Gasteiger partial charge in [0.25, 0.3) is 0 Å². The van der Waals surface area contributed by atoms with E-state index in [2.05, 4.69) is 15.8 Å². The molecule has 0 bridgehead atoms. The molecule has 0 saturated carbocycles. The fraction of sp³-hybridized carbons (Fsp3) is 0.583. The third kappa shape index (κ3) is 4.16. The van der Waals surface area contributed by atoms with Crippen LogP contribution in [0.4, 0.5) is 15.5 Å². The van der Waals surface area contributed by atoms with Crippen molar-refractivity contribution in [1.82, 2.24) is 10.5 Å². The Morgan fingerprint density at radius 1 is 1.40 bits per heavy atom. The molecule has 2 N–H and O–H groups in total. The molecule has 0 aliphatic rings. The smallest absolute Gasteiger partial charge is 0.372 e. The first-order chi connectivity index (χ1) is 9.29. The minimum Gasteiger partial charge on any atom is -0.458 e. The third-order valence-electron chi connectivity index (χ3n) is 2.26. The van der Waals surface area contributed by atoms with Gasteiger partial charge in [0.2, 0.25) is 5.88 Å². The Labute approximate surface area is 121 Å². The molecule has 0 fully saturated rings. The van der Waals surface area contributed by atoms with Crippen molar-refractivity contribution in [3.63, 3.8) is 0 Å². The first kappa shape index (κ1) is 16.4. The molecule has 112 valence electrons. The van der Waals surface area contributed by atoms with Crippen LogP contribution >= 0.6 is 11.8 Å². The molecule has 0 aliphatic heterocycles. The highest BCUT2D eigenvalue weighted by Gasteiger charge is 2.29. The lowest BCUT2D eigenvalue weighted by Crippen LogP contribution is -2.24. The van der Waals surface area contributed by atoms with Crippen LogP contribution < -0.4 is 10.6 Å². The van der Waals surface area contributed by atoms with Crippen molar-refractivity contribution in [1.29, 1.82) is 0 Å². The number of ether oxygens (including phenoxy) is 1. The van der Waals surface area contributed by atoms with E-state index in [1.807, 2.05) is 20.8 Å². The Hall–Kier alpha value is -1.70. The lowest BCUT2D eigenvalue weighted by molar-refractivity contribution is 0.181. The van der Waals surface area contributed by atoms with Gasteiger partial charge in [0, 0.05) is 24.2 Å². The quantitative estimate of drug-likeness (QED) is 0.658. The summed E-state index contributed by atoms with van der Waals surface area (Å²) in [5, 5.41) is 8.37. The van der Waals surface area contributed by atoms with Crippen molar-refractivity contribution in [3.05, 3.63) is 5.69 Å². The molecule has 1 heterocycles. The summed E-state index contributed by atoms with van der Waals surface area (Å²) in [6, 6.07) is -0.452. The number of aromatic nitrogens is 1. The minimum atomic E-state index is -0.471. The number of hydrogen-bond donors (Lipinski definition) is 2. The number of hydrogen-bond acceptors (Lipinski definition) is 6. The molecule has 8 heteroatoms. The zero-order valence-corrected chi connectivity index (χ0v) is 13.0. The molecule has 0 spiro atoms. The van der Waals surface area contributed by atoms with E-state index in [-0.39, 0.29) is 17.9 Å². The second-order valence-electron chi connectivity index (χ2n) is 4.93. The average Bonchev–Trinajstić information content (AvgIpc) is 2.72. The number of carbonyl (C=O) groups is 2. The molecule has 1 aromatic heterocycles. The highest BCUT2D eigenvalue weighted by Crippen LogP contribution is 2.38. The van der Waals surface area contributed by atoms with Crippen molar-refractivity contribution in [2.75, 3.05) is 19.0 Å². The van der Waals surface area contributed by atoms with E-state index in [1.165, 1.54) is 7.05 Å². The second kappa shape index (κ2) is 6.65. The molecule has 0 aliphatic carbocycles. The summed E-state index contributed by atoms with van der Waals surface area (Å²) >= 11 is 0.848. The van der Waals surface area contributed by atoms with Gasteiger partial charge in [0.1, 0.15) is 10.6 Å². The van der Waals surface area contributed by atoms with Crippen LogP contribution in [0.2, 0.25) is 0 Å². The van der Waals surface area contributed by atoms with Gasteiger partial charge in [-0.05, 0) is 6.92 Å². The van der Waals surface area contributed by atoms with Crippen LogP contribution in [0.5, 0.6) is 0 Å². The van der Waals surface area contributed by atoms with Crippen molar-refractivity contribution in [2.45, 2.75) is 38.0 Å². The van der Waals surface area contributed by atoms with Gasteiger partial charge >= 0.3 is 11.3 Å². The molecule has 20 heavy (non-hydrogen) atoms. The molecular formula is C12H19N3O4S. The lowest BCUT2D eigenvalue weighted by Gasteiger charge is -2.15. The van der Waals surface area contributed by atoms with E-state index >= 15 is 0 Å². The normalized spacial score (nSPS) is 11.1. The number of urea groups is 1. The maximum Gasteiger partial charge on any atom is 0.372 e. The average molecular weight is 301 g/mol. The number of anilines is 1. The summed E-state index contributed by atoms with van der Waals surface area (Å²) in [6.45, 7) is 7.80. The number of rotatable bonds is 3. The Balaban J connectivity index is 3.09. The highest BCUT2D eigenvalue weighted by molar-refractivity contribution is 8.13. The second-order valence-corrected chi connectivity index (χ2v) is 5.87. The fourth-order valence-corrected chi connectivity index (χ4v) is 2.29. The molecule has 1 rings (SSSR count). The van der Waals surface area contributed by atoms with Gasteiger partial charge < -0.3 is 14.6 Å². The van der Waals surface area contributed by atoms with Crippen molar-refractivity contribution >= 4 is 29.0 Å². The molecule has 0 radical (unpaired) electrons. The van der Waals surface area contributed by atoms with Crippen LogP contribution in [0.1, 0.15) is 33.4 Å². The predicted molar refractivity (Wildman–Crippen MR) is 76.2 cm³/mol. The summed E-state index contributed by atoms with van der Waals surface area (Å²) in [5.74, 6) is 0.132. The Kier molecular flexibility index (Phi) is 5.43. The van der Waals surface area contributed by atoms with Gasteiger partial charge in [-0.1, -0.05) is 25.9 Å². The third-order valence-corrected chi connectivity index (χ3v) is 3.13. The number of thioether (sulfide) groups is 1. The molecule has 1 aromatic rings. The topological polar surface area (TPSA) is 93.5 Å². The zero-order valence-electron chi connectivity index (χ0n) is 12.2. The summed E-state index contributed by atoms with van der Waals surface area (Å²) in [7, 11) is 1.48. The van der Waals surface area contributed by atoms with Gasteiger partial charge in [-0.3, -0.25) is 5.32 Å². The summed E-state index contributed by atoms with van der Waals surface area (Å²) in [6.07, 6.45) is 0. The Bertz CT molecular complexity index is 493. The first-order valence-corrected chi connectivity index (χ1v) is 6.94. The van der Waals surface area contributed by atoms with Crippen LogP contribution in [0.25, 0.3) is 0 Å². The Morgan fingerprint density at radius 2 is 2.05 bits per heavy atom. The van der Waals surface area contributed by atoms with Crippen molar-refractivity contribution in [3.8, 4) is 0 Å². The van der Waals surface area contributed by atoms with E-state index in [0.717, 1.165) is 11.8 Å². The fourth-order valence-electron chi connectivity index (χ4n) is 1.33. The number of carbonyl (C=O) groups excluding carboxylic acids is 2. The maximum atomic E-state index is 11.6. The standard InChI is InChI=1S/C12H19N3O4S/c1-6-18-11(17)20-7-8(12(2,3)4)15-19-9(7)14-10(16)13-5/h6H2,1-5H3,(H2,13,14,16). The van der Waals surface area contributed by atoms with Crippen molar-refractivity contribution in [2.24, 2.45) is 0 Å². The molecule has 0 saturated heterocycles. The largest absolute Gasteiger partial charge is 0.458 e. The maximum absolute atomic E-state index is 11.6. The predicted octanol–water partition coefficient (Wildman–Crippen LogP) is 2.97. The van der Waals surface area contributed by atoms with Gasteiger partial charge in [0.05, 0.1) is 6.61 Å². The molecule has 0 unspecified atom stereocenters. The highest BCUT2D eigenvalue weighted by atomic mass is 32.2. The monoisotopic (exact) mass is 301 g/mol.